The normalized spacial score (nSPS) is 13.0. The molecular formula is C76H139NO8. The van der Waals surface area contributed by atoms with E-state index in [1.54, 1.807) is 0 Å². The number of carboxylic acid groups (broad SMARTS) is 1. The van der Waals surface area contributed by atoms with E-state index >= 15 is 0 Å². The lowest BCUT2D eigenvalue weighted by Gasteiger charge is -2.26. The van der Waals surface area contributed by atoms with Crippen LogP contribution in [0.3, 0.4) is 0 Å². The maximum Gasteiger partial charge on any atom is 0.306 e. The van der Waals surface area contributed by atoms with Gasteiger partial charge in [0.05, 0.1) is 40.3 Å². The number of unbranched alkanes of at least 4 members (excludes halogenated alkanes) is 43. The molecule has 2 atom stereocenters. The first kappa shape index (κ1) is 82.0. The van der Waals surface area contributed by atoms with Crippen molar-refractivity contribution in [2.45, 2.75) is 360 Å². The Hall–Kier alpha value is -3.01. The number of nitrogens with zero attached hydrogens (tertiary/aromatic N) is 1. The summed E-state index contributed by atoms with van der Waals surface area (Å²) in [6, 6.07) is 0. The van der Waals surface area contributed by atoms with Crippen molar-refractivity contribution in [3.63, 3.8) is 0 Å². The van der Waals surface area contributed by atoms with Gasteiger partial charge in [-0.05, 0) is 77.0 Å². The zero-order valence-corrected chi connectivity index (χ0v) is 56.7. The van der Waals surface area contributed by atoms with E-state index in [4.69, 9.17) is 18.9 Å². The number of carboxylic acids is 1. The van der Waals surface area contributed by atoms with Crippen molar-refractivity contribution in [3.8, 4) is 0 Å². The third-order valence-corrected chi connectivity index (χ3v) is 16.2. The van der Waals surface area contributed by atoms with Gasteiger partial charge in [0.25, 0.3) is 0 Å². The third kappa shape index (κ3) is 68.3. The Bertz CT molecular complexity index is 1580. The van der Waals surface area contributed by atoms with Crippen LogP contribution in [0.1, 0.15) is 348 Å². The molecule has 0 rings (SSSR count). The predicted octanol–water partition coefficient (Wildman–Crippen LogP) is 21.4. The Morgan fingerprint density at radius 3 is 1.01 bits per heavy atom. The lowest BCUT2D eigenvalue weighted by molar-refractivity contribution is -0.870. The molecule has 9 nitrogen and oxygen atoms in total. The van der Waals surface area contributed by atoms with E-state index in [0.717, 1.165) is 57.8 Å². The highest BCUT2D eigenvalue weighted by Crippen LogP contribution is 2.19. The highest BCUT2D eigenvalue weighted by atomic mass is 16.7. The molecule has 0 N–H and O–H groups in total. The first-order chi connectivity index (χ1) is 41.6. The third-order valence-electron chi connectivity index (χ3n) is 16.2. The lowest BCUT2D eigenvalue weighted by atomic mass is 10.0. The van der Waals surface area contributed by atoms with Crippen molar-refractivity contribution in [1.82, 2.24) is 0 Å². The van der Waals surface area contributed by atoms with Gasteiger partial charge in [0.2, 0.25) is 0 Å². The van der Waals surface area contributed by atoms with Gasteiger partial charge in [0, 0.05) is 12.8 Å². The highest BCUT2D eigenvalue weighted by molar-refractivity contribution is 5.70. The summed E-state index contributed by atoms with van der Waals surface area (Å²) in [4.78, 5) is 37.5. The zero-order valence-electron chi connectivity index (χ0n) is 56.7. The predicted molar refractivity (Wildman–Crippen MR) is 362 cm³/mol. The second-order valence-electron chi connectivity index (χ2n) is 25.9. The van der Waals surface area contributed by atoms with E-state index in [9.17, 15) is 19.5 Å². The minimum atomic E-state index is -1.62. The number of hydrogen-bond acceptors (Lipinski definition) is 8. The van der Waals surface area contributed by atoms with Crippen molar-refractivity contribution >= 4 is 17.9 Å². The van der Waals surface area contributed by atoms with E-state index in [1.165, 1.54) is 257 Å². The molecule has 0 aliphatic heterocycles. The van der Waals surface area contributed by atoms with Crippen LogP contribution in [0.25, 0.3) is 0 Å². The van der Waals surface area contributed by atoms with Crippen LogP contribution in [-0.4, -0.2) is 82.3 Å². The molecule has 0 aliphatic carbocycles. The Balaban J connectivity index is 4.04. The smallest absolute Gasteiger partial charge is 0.306 e. The molecule has 0 heterocycles. The second kappa shape index (κ2) is 66.9. The first-order valence-corrected chi connectivity index (χ1v) is 36.4. The zero-order chi connectivity index (χ0) is 61.9. The molecule has 9 heteroatoms. The Kier molecular flexibility index (Phi) is 64.6. The van der Waals surface area contributed by atoms with E-state index in [-0.39, 0.29) is 32.2 Å². The van der Waals surface area contributed by atoms with Crippen LogP contribution >= 0.6 is 0 Å². The molecule has 0 fully saturated rings. The summed E-state index contributed by atoms with van der Waals surface area (Å²) in [7, 11) is 5.94. The molecule has 85 heavy (non-hydrogen) atoms. The fraction of sp³-hybridized carbons (Fsp3) is 0.829. The van der Waals surface area contributed by atoms with Crippen molar-refractivity contribution < 1.29 is 42.9 Å². The average Bonchev–Trinajstić information content (AvgIpc) is 3.48. The number of hydrogen-bond donors (Lipinski definition) is 0. The Morgan fingerprint density at radius 2 is 0.671 bits per heavy atom. The van der Waals surface area contributed by atoms with Gasteiger partial charge in [-0.2, -0.15) is 0 Å². The summed E-state index contributed by atoms with van der Waals surface area (Å²) >= 11 is 0. The summed E-state index contributed by atoms with van der Waals surface area (Å²) in [5.41, 5.74) is 0. The number of rotatable bonds is 68. The van der Waals surface area contributed by atoms with Crippen LogP contribution in [0.5, 0.6) is 0 Å². The minimum absolute atomic E-state index is 0.148. The maximum atomic E-state index is 12.9. The number of aliphatic carboxylic acids is 1. The number of esters is 2. The van der Waals surface area contributed by atoms with Crippen LogP contribution < -0.4 is 5.11 Å². The monoisotopic (exact) mass is 1190 g/mol. The fourth-order valence-electron chi connectivity index (χ4n) is 10.7. The number of carbonyl (C=O) groups is 3. The van der Waals surface area contributed by atoms with Crippen molar-refractivity contribution in [2.75, 3.05) is 47.5 Å². The van der Waals surface area contributed by atoms with E-state index in [0.29, 0.717) is 23.9 Å². The summed E-state index contributed by atoms with van der Waals surface area (Å²) in [6.07, 6.45) is 84.6. The van der Waals surface area contributed by atoms with Crippen molar-refractivity contribution in [1.29, 1.82) is 0 Å². The number of ether oxygens (including phenoxy) is 4. The molecule has 0 aromatic heterocycles. The Labute approximate surface area is 526 Å². The van der Waals surface area contributed by atoms with Crippen LogP contribution in [0.4, 0.5) is 0 Å². The minimum Gasteiger partial charge on any atom is -0.545 e. The van der Waals surface area contributed by atoms with Crippen molar-refractivity contribution in [2.24, 2.45) is 0 Å². The maximum absolute atomic E-state index is 12.9. The van der Waals surface area contributed by atoms with Gasteiger partial charge in [-0.25, -0.2) is 0 Å². The number of carbonyl (C=O) groups excluding carboxylic acids is 3. The fourth-order valence-corrected chi connectivity index (χ4v) is 10.7. The van der Waals surface area contributed by atoms with Gasteiger partial charge in [0.15, 0.2) is 12.4 Å². The summed E-state index contributed by atoms with van der Waals surface area (Å²) in [6.45, 7) is 4.69. The van der Waals surface area contributed by atoms with E-state index < -0.39 is 24.3 Å². The summed E-state index contributed by atoms with van der Waals surface area (Å²) < 4.78 is 22.8. The highest BCUT2D eigenvalue weighted by Gasteiger charge is 2.22. The van der Waals surface area contributed by atoms with Gasteiger partial charge in [-0.15, -0.1) is 0 Å². The van der Waals surface area contributed by atoms with Gasteiger partial charge >= 0.3 is 11.9 Å². The summed E-state index contributed by atoms with van der Waals surface area (Å²) in [5, 5.41) is 11.8. The number of likely N-dealkylation sites (N-methyl/N-ethyl adjacent to an activating group) is 1. The molecule has 0 saturated carbocycles. The van der Waals surface area contributed by atoms with Gasteiger partial charge in [-0.1, -0.05) is 319 Å². The van der Waals surface area contributed by atoms with Crippen LogP contribution in [-0.2, 0) is 33.3 Å². The number of allylic oxidation sites excluding steroid dienone is 10. The topological polar surface area (TPSA) is 111 Å². The van der Waals surface area contributed by atoms with Crippen molar-refractivity contribution in [3.05, 3.63) is 60.8 Å². The van der Waals surface area contributed by atoms with Crippen LogP contribution in [0, 0.1) is 0 Å². The first-order valence-electron chi connectivity index (χ1n) is 36.4. The van der Waals surface area contributed by atoms with Crippen LogP contribution in [0.15, 0.2) is 60.8 Å². The molecule has 496 valence electrons. The number of quaternary nitrogens is 1. The summed E-state index contributed by atoms with van der Waals surface area (Å²) in [5.74, 6) is -2.26. The quantitative estimate of drug-likeness (QED) is 0.0195. The molecule has 0 saturated heterocycles. The van der Waals surface area contributed by atoms with E-state index in [2.05, 4.69) is 74.6 Å². The average molecular weight is 1190 g/mol. The lowest BCUT2D eigenvalue weighted by Crippen LogP contribution is -2.44. The molecule has 0 radical (unpaired) electrons. The largest absolute Gasteiger partial charge is 0.545 e. The molecular weight excluding hydrogens is 1050 g/mol. The van der Waals surface area contributed by atoms with Gasteiger partial charge < -0.3 is 33.3 Å². The second-order valence-corrected chi connectivity index (χ2v) is 25.9. The van der Waals surface area contributed by atoms with Gasteiger partial charge in [0.1, 0.15) is 13.2 Å². The van der Waals surface area contributed by atoms with Gasteiger partial charge in [-0.3, -0.25) is 9.59 Å². The molecule has 0 bridgehead atoms. The van der Waals surface area contributed by atoms with E-state index in [1.807, 2.05) is 21.1 Å². The SMILES string of the molecule is CC/C=C\C/C=C\C/C=C\C/C=C\CCCCCCCCCCCCCCCCC(=O)OC(COC(=O)CCCCCCCCCCCCCCCCCCCCCCC/C=C\CCCCCCCCCC)COC(OCC[N+](C)(C)C)C(=O)[O-]. The molecule has 0 amide bonds. The molecule has 2 unspecified atom stereocenters. The van der Waals surface area contributed by atoms with Crippen LogP contribution in [0.2, 0.25) is 0 Å². The molecule has 0 aliphatic rings. The standard InChI is InChI=1S/C76H139NO8/c1-6-8-10-12-14-16-18-20-22-24-26-28-30-32-34-35-36-37-38-39-41-42-44-46-48-50-52-54-56-58-60-62-64-66-73(78)83-70-72(71-84-76(75(80)81)82-69-68-77(3,4)5)85-74(79)67-65-63-61-59-57-55-53-51-49-47-45-43-40-33-31-29-27-25-23-21-19-17-15-13-11-9-7-2/h9,11,15,17,21,23-24,26-27,29,72,76H,6-8,10,12-14,16,18-20,22,25,28,30-71H2,1-5H3/b11-9-,17-15-,23-21-,26-24-,29-27-. The molecule has 0 aromatic rings. The molecule has 0 spiro atoms. The Morgan fingerprint density at radius 1 is 0.365 bits per heavy atom. The molecule has 0 aromatic carbocycles.